The maximum absolute atomic E-state index is 13.6. The molecule has 0 aliphatic heterocycles. The van der Waals surface area contributed by atoms with Crippen LogP contribution in [0.5, 0.6) is 0 Å². The third-order valence-corrected chi connectivity index (χ3v) is 2.49. The van der Waals surface area contributed by atoms with Gasteiger partial charge in [0.05, 0.1) is 6.20 Å². The third-order valence-electron chi connectivity index (χ3n) is 2.31. The van der Waals surface area contributed by atoms with Gasteiger partial charge in [0.25, 0.3) is 0 Å². The summed E-state index contributed by atoms with van der Waals surface area (Å²) in [5, 5.41) is 0.0763. The van der Waals surface area contributed by atoms with Gasteiger partial charge in [0, 0.05) is 19.6 Å². The molecule has 1 aromatic heterocycles. The lowest BCUT2D eigenvalue weighted by molar-refractivity contribution is 0.411. The van der Waals surface area contributed by atoms with Gasteiger partial charge in [-0.3, -0.25) is 0 Å². The van der Waals surface area contributed by atoms with Crippen molar-refractivity contribution >= 4 is 17.4 Å². The van der Waals surface area contributed by atoms with Gasteiger partial charge < -0.3 is 9.80 Å². The van der Waals surface area contributed by atoms with Crippen molar-refractivity contribution in [1.29, 1.82) is 0 Å². The molecule has 0 spiro atoms. The Kier molecular flexibility index (Phi) is 5.58. The second-order valence-electron chi connectivity index (χ2n) is 4.10. The Morgan fingerprint density at radius 3 is 2.59 bits per heavy atom. The molecule has 0 amide bonds. The molecule has 6 heteroatoms. The molecule has 0 N–H and O–H groups in total. The average molecular weight is 261 g/mol. The van der Waals surface area contributed by atoms with Crippen LogP contribution in [0.2, 0.25) is 5.28 Å². The third kappa shape index (κ3) is 4.44. The molecule has 1 rings (SSSR count). The van der Waals surface area contributed by atoms with Gasteiger partial charge in [-0.05, 0) is 32.1 Å². The fourth-order valence-corrected chi connectivity index (χ4v) is 1.60. The molecular formula is C11H18ClFN4. The van der Waals surface area contributed by atoms with Crippen molar-refractivity contribution in [2.45, 2.75) is 13.3 Å². The van der Waals surface area contributed by atoms with E-state index >= 15 is 0 Å². The first-order valence-electron chi connectivity index (χ1n) is 5.62. The number of aromatic nitrogens is 2. The monoisotopic (exact) mass is 260 g/mol. The Balaban J connectivity index is 2.84. The standard InChI is InChI=1S/C11H18ClFN4/c1-4-5-17(7-6-16(2)3)10-9(13)8-14-11(12)15-10/h8H,4-7H2,1-3H3. The average Bonchev–Trinajstić information content (AvgIpc) is 2.27. The lowest BCUT2D eigenvalue weighted by Crippen LogP contribution is -2.33. The lowest BCUT2D eigenvalue weighted by Gasteiger charge is -2.25. The minimum absolute atomic E-state index is 0.0763. The van der Waals surface area contributed by atoms with Crippen LogP contribution in [0.1, 0.15) is 13.3 Å². The van der Waals surface area contributed by atoms with Crippen LogP contribution < -0.4 is 4.90 Å². The Hall–Kier alpha value is -0.940. The second-order valence-corrected chi connectivity index (χ2v) is 4.44. The zero-order valence-corrected chi connectivity index (χ0v) is 11.2. The topological polar surface area (TPSA) is 32.3 Å². The zero-order valence-electron chi connectivity index (χ0n) is 10.5. The molecular weight excluding hydrogens is 243 g/mol. The van der Waals surface area contributed by atoms with Crippen molar-refractivity contribution in [1.82, 2.24) is 14.9 Å². The number of hydrogen-bond donors (Lipinski definition) is 0. The van der Waals surface area contributed by atoms with Crippen molar-refractivity contribution in [2.24, 2.45) is 0 Å². The van der Waals surface area contributed by atoms with Gasteiger partial charge in [-0.25, -0.2) is 9.37 Å². The predicted molar refractivity (Wildman–Crippen MR) is 68.1 cm³/mol. The minimum Gasteiger partial charge on any atom is -0.353 e. The molecule has 0 fully saturated rings. The maximum Gasteiger partial charge on any atom is 0.224 e. The van der Waals surface area contributed by atoms with E-state index in [1.807, 2.05) is 30.8 Å². The molecule has 0 radical (unpaired) electrons. The van der Waals surface area contributed by atoms with Gasteiger partial charge in [-0.2, -0.15) is 4.98 Å². The van der Waals surface area contributed by atoms with Crippen LogP contribution in [0.15, 0.2) is 6.20 Å². The molecule has 1 heterocycles. The van der Waals surface area contributed by atoms with E-state index in [1.54, 1.807) is 0 Å². The predicted octanol–water partition coefficient (Wildman–Crippen LogP) is 2.05. The molecule has 0 atom stereocenters. The van der Waals surface area contributed by atoms with Gasteiger partial charge in [-0.15, -0.1) is 0 Å². The summed E-state index contributed by atoms with van der Waals surface area (Å²) < 4.78 is 13.6. The number of hydrogen-bond acceptors (Lipinski definition) is 4. The maximum atomic E-state index is 13.6. The quantitative estimate of drug-likeness (QED) is 0.733. The first-order chi connectivity index (χ1) is 8.04. The summed E-state index contributed by atoms with van der Waals surface area (Å²) >= 11 is 5.70. The highest BCUT2D eigenvalue weighted by atomic mass is 35.5. The van der Waals surface area contributed by atoms with Crippen LogP contribution >= 0.6 is 11.6 Å². The molecule has 0 aromatic carbocycles. The van der Waals surface area contributed by atoms with Gasteiger partial charge in [0.1, 0.15) is 0 Å². The van der Waals surface area contributed by atoms with Crippen LogP contribution in [0.3, 0.4) is 0 Å². The van der Waals surface area contributed by atoms with Crippen LogP contribution in [0.4, 0.5) is 10.2 Å². The fraction of sp³-hybridized carbons (Fsp3) is 0.636. The van der Waals surface area contributed by atoms with Crippen molar-refractivity contribution in [3.8, 4) is 0 Å². The van der Waals surface area contributed by atoms with E-state index < -0.39 is 5.82 Å². The molecule has 0 aliphatic carbocycles. The number of rotatable bonds is 6. The van der Waals surface area contributed by atoms with Crippen LogP contribution in [-0.4, -0.2) is 48.6 Å². The summed E-state index contributed by atoms with van der Waals surface area (Å²) in [5.74, 6) is -0.143. The molecule has 17 heavy (non-hydrogen) atoms. The number of anilines is 1. The molecule has 96 valence electrons. The molecule has 0 aliphatic rings. The van der Waals surface area contributed by atoms with E-state index in [0.717, 1.165) is 25.7 Å². The van der Waals surface area contributed by atoms with Gasteiger partial charge in [0.15, 0.2) is 11.6 Å². The Labute approximate surface area is 106 Å². The van der Waals surface area contributed by atoms with E-state index in [0.29, 0.717) is 6.54 Å². The molecule has 0 saturated carbocycles. The van der Waals surface area contributed by atoms with Gasteiger partial charge in [-0.1, -0.05) is 6.92 Å². The number of halogens is 2. The molecule has 4 nitrogen and oxygen atoms in total. The second kappa shape index (κ2) is 6.71. The highest BCUT2D eigenvalue weighted by molar-refractivity contribution is 6.28. The SMILES string of the molecule is CCCN(CCN(C)C)c1nc(Cl)ncc1F. The zero-order chi connectivity index (χ0) is 12.8. The summed E-state index contributed by atoms with van der Waals surface area (Å²) in [4.78, 5) is 11.5. The van der Waals surface area contributed by atoms with Crippen molar-refractivity contribution in [3.63, 3.8) is 0 Å². The highest BCUT2D eigenvalue weighted by Crippen LogP contribution is 2.17. The molecule has 1 aromatic rings. The van der Waals surface area contributed by atoms with Crippen molar-refractivity contribution < 1.29 is 4.39 Å². The van der Waals surface area contributed by atoms with Gasteiger partial charge >= 0.3 is 0 Å². The lowest BCUT2D eigenvalue weighted by atomic mass is 10.3. The van der Waals surface area contributed by atoms with E-state index in [9.17, 15) is 4.39 Å². The molecule has 0 unspecified atom stereocenters. The number of likely N-dealkylation sites (N-methyl/N-ethyl adjacent to an activating group) is 1. The Bertz CT molecular complexity index is 359. The summed E-state index contributed by atoms with van der Waals surface area (Å²) in [7, 11) is 3.96. The largest absolute Gasteiger partial charge is 0.353 e. The van der Waals surface area contributed by atoms with E-state index in [4.69, 9.17) is 11.6 Å². The Morgan fingerprint density at radius 1 is 1.29 bits per heavy atom. The van der Waals surface area contributed by atoms with Crippen LogP contribution in [0.25, 0.3) is 0 Å². The summed E-state index contributed by atoms with van der Waals surface area (Å²) in [5.41, 5.74) is 0. The van der Waals surface area contributed by atoms with Crippen molar-refractivity contribution in [2.75, 3.05) is 38.6 Å². The van der Waals surface area contributed by atoms with Crippen LogP contribution in [0, 0.1) is 5.82 Å². The minimum atomic E-state index is -0.429. The first kappa shape index (κ1) is 14.1. The first-order valence-corrected chi connectivity index (χ1v) is 6.00. The summed E-state index contributed by atoms with van der Waals surface area (Å²) in [6.45, 7) is 4.34. The smallest absolute Gasteiger partial charge is 0.224 e. The molecule has 0 bridgehead atoms. The highest BCUT2D eigenvalue weighted by Gasteiger charge is 2.14. The summed E-state index contributed by atoms with van der Waals surface area (Å²) in [6, 6.07) is 0. The van der Waals surface area contributed by atoms with E-state index in [-0.39, 0.29) is 11.1 Å². The summed E-state index contributed by atoms with van der Waals surface area (Å²) in [6.07, 6.45) is 2.04. The van der Waals surface area contributed by atoms with Crippen LogP contribution in [-0.2, 0) is 0 Å². The van der Waals surface area contributed by atoms with Gasteiger partial charge in [0.2, 0.25) is 5.28 Å². The normalized spacial score (nSPS) is 10.9. The molecule has 0 saturated heterocycles. The Morgan fingerprint density at radius 2 is 2.00 bits per heavy atom. The fourth-order valence-electron chi connectivity index (χ4n) is 1.47. The van der Waals surface area contributed by atoms with Crippen molar-refractivity contribution in [3.05, 3.63) is 17.3 Å². The number of nitrogens with zero attached hydrogens (tertiary/aromatic N) is 4. The van der Waals surface area contributed by atoms with E-state index in [2.05, 4.69) is 9.97 Å². The van der Waals surface area contributed by atoms with E-state index in [1.165, 1.54) is 0 Å².